The van der Waals surface area contributed by atoms with Gasteiger partial charge in [-0.05, 0) is 13.3 Å². The van der Waals surface area contributed by atoms with E-state index < -0.39 is 20.6 Å². The van der Waals surface area contributed by atoms with Crippen LogP contribution in [0.1, 0.15) is 90.9 Å². The van der Waals surface area contributed by atoms with E-state index in [2.05, 4.69) is 6.92 Å². The molecule has 0 spiro atoms. The van der Waals surface area contributed by atoms with Crippen molar-refractivity contribution in [2.24, 2.45) is 5.73 Å². The molecule has 0 aromatic heterocycles. The van der Waals surface area contributed by atoms with Crippen LogP contribution >= 0.6 is 0 Å². The van der Waals surface area contributed by atoms with Crippen LogP contribution in [0.2, 0.25) is 0 Å². The fourth-order valence-electron chi connectivity index (χ4n) is 2.58. The third-order valence-corrected chi connectivity index (χ3v) is 6.09. The molecule has 0 radical (unpaired) electrons. The predicted molar refractivity (Wildman–Crippen MR) is 102 cm³/mol. The fourth-order valence-corrected chi connectivity index (χ4v) is 3.18. The Labute approximate surface area is 191 Å². The van der Waals surface area contributed by atoms with Crippen LogP contribution in [0.5, 0.6) is 0 Å². The zero-order valence-electron chi connectivity index (χ0n) is 14.8. The zero-order chi connectivity index (χ0) is 17.8. The summed E-state index contributed by atoms with van der Waals surface area (Å²) in [6, 6.07) is 0. The van der Waals surface area contributed by atoms with Gasteiger partial charge in [0.25, 0.3) is 10.1 Å². The van der Waals surface area contributed by atoms with Gasteiger partial charge < -0.3 is 5.73 Å². The van der Waals surface area contributed by atoms with Crippen molar-refractivity contribution < 1.29 is 17.8 Å². The quantitative estimate of drug-likeness (QED) is 0.255. The SMILES string of the molecule is CCCCCCCCCCCCCC(=O)C(C)(CN)S(=O)(=O)O.[KH]. The molecule has 0 fully saturated rings. The molecule has 24 heavy (non-hydrogen) atoms. The number of rotatable bonds is 15. The normalized spacial score (nSPS) is 14.0. The van der Waals surface area contributed by atoms with Gasteiger partial charge in [0, 0.05) is 13.0 Å². The van der Waals surface area contributed by atoms with E-state index in [0.717, 1.165) is 19.3 Å². The van der Waals surface area contributed by atoms with Crippen molar-refractivity contribution in [3.63, 3.8) is 0 Å². The van der Waals surface area contributed by atoms with Crippen molar-refractivity contribution in [1.29, 1.82) is 0 Å². The number of hydrogen-bond donors (Lipinski definition) is 2. The van der Waals surface area contributed by atoms with Gasteiger partial charge in [0.15, 0.2) is 10.5 Å². The van der Waals surface area contributed by atoms with Gasteiger partial charge in [-0.3, -0.25) is 9.35 Å². The number of hydrogen-bond acceptors (Lipinski definition) is 4. The number of carbonyl (C=O) groups excluding carboxylic acids is 1. The number of Topliss-reactive ketones (excluding diaryl/α,β-unsaturated/α-hetero) is 1. The summed E-state index contributed by atoms with van der Waals surface area (Å²) in [5.41, 5.74) is 5.36. The van der Waals surface area contributed by atoms with E-state index >= 15 is 0 Å². The van der Waals surface area contributed by atoms with Gasteiger partial charge in [-0.2, -0.15) is 8.42 Å². The topological polar surface area (TPSA) is 97.5 Å². The van der Waals surface area contributed by atoms with Gasteiger partial charge in [0.05, 0.1) is 0 Å². The summed E-state index contributed by atoms with van der Waals surface area (Å²) in [5, 5.41) is 0. The van der Waals surface area contributed by atoms with Gasteiger partial charge in [-0.25, -0.2) is 0 Å². The molecule has 5 nitrogen and oxygen atoms in total. The third-order valence-electron chi connectivity index (χ3n) is 4.56. The molecule has 0 aromatic carbocycles. The van der Waals surface area contributed by atoms with Gasteiger partial charge >= 0.3 is 51.4 Å². The molecule has 0 bridgehead atoms. The molecule has 0 rings (SSSR count). The third kappa shape index (κ3) is 11.0. The summed E-state index contributed by atoms with van der Waals surface area (Å²) in [6.07, 6.45) is 13.0. The van der Waals surface area contributed by atoms with Crippen LogP contribution in [0.4, 0.5) is 0 Å². The maximum atomic E-state index is 12.0. The molecule has 1 atom stereocenters. The van der Waals surface area contributed by atoms with Crippen molar-refractivity contribution in [2.75, 3.05) is 6.54 Å². The molecular weight excluding hydrogens is 353 g/mol. The van der Waals surface area contributed by atoms with Crippen LogP contribution in [0.3, 0.4) is 0 Å². The summed E-state index contributed by atoms with van der Waals surface area (Å²) in [7, 11) is -4.45. The summed E-state index contributed by atoms with van der Waals surface area (Å²) in [4.78, 5) is 12.0. The Morgan fingerprint density at radius 1 is 0.917 bits per heavy atom. The second-order valence-corrected chi connectivity index (χ2v) is 8.47. The second-order valence-electron chi connectivity index (χ2n) is 6.62. The number of unbranched alkanes of at least 4 members (excludes halogenated alkanes) is 10. The first-order valence-corrected chi connectivity index (χ1v) is 10.4. The van der Waals surface area contributed by atoms with Crippen LogP contribution in [0, 0.1) is 0 Å². The van der Waals surface area contributed by atoms with E-state index in [0.29, 0.717) is 6.42 Å². The molecule has 1 unspecified atom stereocenters. The standard InChI is InChI=1S/C17H35NO4S.K.H/c1-3-4-5-6-7-8-9-10-11-12-13-14-16(19)17(2,15-18)23(20,21)22;;/h3-15,18H2,1-2H3,(H,20,21,22);;. The second kappa shape index (κ2) is 15.3. The van der Waals surface area contributed by atoms with Crippen molar-refractivity contribution >= 4 is 67.3 Å². The van der Waals surface area contributed by atoms with Crippen LogP contribution in [0.25, 0.3) is 0 Å². The molecule has 140 valence electrons. The minimum absolute atomic E-state index is 0. The molecule has 0 aromatic rings. The molecule has 3 N–H and O–H groups in total. The number of nitrogens with two attached hydrogens (primary N) is 1. The van der Waals surface area contributed by atoms with E-state index in [9.17, 15) is 13.2 Å². The van der Waals surface area contributed by atoms with Crippen molar-refractivity contribution in [3.8, 4) is 0 Å². The summed E-state index contributed by atoms with van der Waals surface area (Å²) < 4.78 is 29.9. The molecule has 0 heterocycles. The molecule has 0 aliphatic rings. The van der Waals surface area contributed by atoms with E-state index in [1.54, 1.807) is 0 Å². The molecule has 0 saturated carbocycles. The Balaban J connectivity index is 0. The average molecular weight is 390 g/mol. The van der Waals surface area contributed by atoms with E-state index in [4.69, 9.17) is 10.3 Å². The van der Waals surface area contributed by atoms with Gasteiger partial charge in [-0.15, -0.1) is 0 Å². The fraction of sp³-hybridized carbons (Fsp3) is 0.941. The Kier molecular flexibility index (Phi) is 17.4. The van der Waals surface area contributed by atoms with Crippen LogP contribution in [0.15, 0.2) is 0 Å². The molecule has 0 aliphatic heterocycles. The first-order chi connectivity index (χ1) is 10.8. The molecule has 0 aliphatic carbocycles. The van der Waals surface area contributed by atoms with Crippen molar-refractivity contribution in [1.82, 2.24) is 0 Å². The minimum atomic E-state index is -4.45. The Hall–Kier alpha value is 1.18. The van der Waals surface area contributed by atoms with Crippen LogP contribution in [-0.2, 0) is 14.9 Å². The van der Waals surface area contributed by atoms with Crippen molar-refractivity contribution in [3.05, 3.63) is 0 Å². The predicted octanol–water partition coefficient (Wildman–Crippen LogP) is 3.21. The molecule has 7 heteroatoms. The maximum absolute atomic E-state index is 12.0. The first kappa shape index (κ1) is 27.4. The summed E-state index contributed by atoms with van der Waals surface area (Å²) in [6.45, 7) is 3.03. The van der Waals surface area contributed by atoms with E-state index in [1.807, 2.05) is 0 Å². The monoisotopic (exact) mass is 389 g/mol. The van der Waals surface area contributed by atoms with E-state index in [1.165, 1.54) is 51.9 Å². The van der Waals surface area contributed by atoms with E-state index in [-0.39, 0.29) is 64.4 Å². The summed E-state index contributed by atoms with van der Waals surface area (Å²) in [5.74, 6) is -0.488. The number of ketones is 1. The molecule has 0 saturated heterocycles. The Morgan fingerprint density at radius 3 is 1.62 bits per heavy atom. The average Bonchev–Trinajstić information content (AvgIpc) is 2.50. The van der Waals surface area contributed by atoms with Crippen molar-refractivity contribution in [2.45, 2.75) is 95.6 Å². The van der Waals surface area contributed by atoms with Crippen LogP contribution < -0.4 is 5.73 Å². The summed E-state index contributed by atoms with van der Waals surface area (Å²) >= 11 is 0. The zero-order valence-corrected chi connectivity index (χ0v) is 15.7. The Bertz CT molecular complexity index is 428. The van der Waals surface area contributed by atoms with Gasteiger partial charge in [-0.1, -0.05) is 71.1 Å². The van der Waals surface area contributed by atoms with Gasteiger partial charge in [0.1, 0.15) is 0 Å². The molecular formula is C17H36KNO4S. The molecule has 0 amide bonds. The number of carbonyl (C=O) groups is 1. The van der Waals surface area contributed by atoms with Gasteiger partial charge in [0.2, 0.25) is 0 Å². The Morgan fingerprint density at radius 2 is 1.29 bits per heavy atom. The first-order valence-electron chi connectivity index (χ1n) is 9.00. The van der Waals surface area contributed by atoms with Crippen LogP contribution in [-0.4, -0.2) is 81.4 Å².